The van der Waals surface area contributed by atoms with E-state index in [1.54, 1.807) is 0 Å². The number of aromatic nitrogens is 4. The Morgan fingerprint density at radius 1 is 1.35 bits per heavy atom. The van der Waals surface area contributed by atoms with Gasteiger partial charge in [-0.3, -0.25) is 0 Å². The Hall–Kier alpha value is -2.71. The maximum Gasteiger partial charge on any atom is 0.416 e. The second-order valence-corrected chi connectivity index (χ2v) is 3.70. The minimum atomic E-state index is -4.52. The molecule has 0 saturated carbocycles. The van der Waals surface area contributed by atoms with E-state index in [2.05, 4.69) is 15.5 Å². The molecule has 0 spiro atoms. The Morgan fingerprint density at radius 3 is 2.65 bits per heavy atom. The highest BCUT2D eigenvalue weighted by atomic mass is 19.4. The summed E-state index contributed by atoms with van der Waals surface area (Å²) in [6.45, 7) is 0. The maximum absolute atomic E-state index is 12.7. The SMILES string of the molecule is O=C(O)/C=C/c1cc(C(F)(F)F)ccc1-n1cnnn1. The van der Waals surface area contributed by atoms with Gasteiger partial charge in [-0.1, -0.05) is 0 Å². The Morgan fingerprint density at radius 2 is 2.10 bits per heavy atom. The van der Waals surface area contributed by atoms with Crippen LogP contribution in [-0.4, -0.2) is 31.3 Å². The largest absolute Gasteiger partial charge is 0.478 e. The van der Waals surface area contributed by atoms with E-state index in [1.807, 2.05) is 0 Å². The fraction of sp³-hybridized carbons (Fsp3) is 0.0909. The van der Waals surface area contributed by atoms with Gasteiger partial charge in [0.2, 0.25) is 0 Å². The molecule has 104 valence electrons. The molecular formula is C11H7F3N4O2. The first-order valence-electron chi connectivity index (χ1n) is 5.23. The van der Waals surface area contributed by atoms with Crippen molar-refractivity contribution in [3.63, 3.8) is 0 Å². The average molecular weight is 284 g/mol. The molecule has 20 heavy (non-hydrogen) atoms. The van der Waals surface area contributed by atoms with Crippen LogP contribution in [0.5, 0.6) is 0 Å². The molecule has 0 bridgehead atoms. The lowest BCUT2D eigenvalue weighted by Crippen LogP contribution is -2.07. The van der Waals surface area contributed by atoms with E-state index in [4.69, 9.17) is 5.11 Å². The lowest BCUT2D eigenvalue weighted by Gasteiger charge is -2.10. The van der Waals surface area contributed by atoms with Gasteiger partial charge < -0.3 is 5.11 Å². The number of hydrogen-bond donors (Lipinski definition) is 1. The van der Waals surface area contributed by atoms with Crippen molar-refractivity contribution >= 4 is 12.0 Å². The highest BCUT2D eigenvalue weighted by molar-refractivity contribution is 5.86. The molecule has 0 aliphatic heterocycles. The van der Waals surface area contributed by atoms with Crippen LogP contribution in [0.25, 0.3) is 11.8 Å². The van der Waals surface area contributed by atoms with Crippen LogP contribution >= 0.6 is 0 Å². The van der Waals surface area contributed by atoms with E-state index in [9.17, 15) is 18.0 Å². The first kappa shape index (κ1) is 13.7. The first-order valence-corrected chi connectivity index (χ1v) is 5.23. The zero-order valence-electron chi connectivity index (χ0n) is 9.74. The van der Waals surface area contributed by atoms with E-state index in [0.717, 1.165) is 29.0 Å². The van der Waals surface area contributed by atoms with E-state index in [1.165, 1.54) is 12.4 Å². The molecule has 0 aliphatic rings. The van der Waals surface area contributed by atoms with Crippen molar-refractivity contribution in [1.82, 2.24) is 20.2 Å². The van der Waals surface area contributed by atoms with Crippen molar-refractivity contribution in [2.45, 2.75) is 6.18 Å². The summed E-state index contributed by atoms with van der Waals surface area (Å²) in [5.41, 5.74) is -0.616. The predicted molar refractivity (Wildman–Crippen MR) is 60.8 cm³/mol. The molecule has 0 amide bonds. The van der Waals surface area contributed by atoms with E-state index in [-0.39, 0.29) is 11.3 Å². The van der Waals surface area contributed by atoms with Gasteiger partial charge in [0.25, 0.3) is 0 Å². The summed E-state index contributed by atoms with van der Waals surface area (Å²) in [5.74, 6) is -1.27. The number of tetrazole rings is 1. The lowest BCUT2D eigenvalue weighted by atomic mass is 10.1. The molecule has 0 unspecified atom stereocenters. The molecule has 1 N–H and O–H groups in total. The van der Waals surface area contributed by atoms with Crippen molar-refractivity contribution in [3.05, 3.63) is 41.7 Å². The highest BCUT2D eigenvalue weighted by Crippen LogP contribution is 2.31. The Bertz CT molecular complexity index is 650. The van der Waals surface area contributed by atoms with E-state index >= 15 is 0 Å². The molecule has 6 nitrogen and oxygen atoms in total. The summed E-state index contributed by atoms with van der Waals surface area (Å²) in [5, 5.41) is 18.9. The van der Waals surface area contributed by atoms with Gasteiger partial charge in [-0.05, 0) is 34.7 Å². The van der Waals surface area contributed by atoms with Gasteiger partial charge >= 0.3 is 12.1 Å². The Kier molecular flexibility index (Phi) is 3.51. The normalized spacial score (nSPS) is 11.9. The summed E-state index contributed by atoms with van der Waals surface area (Å²) in [6.07, 6.45) is -1.54. The van der Waals surface area contributed by atoms with Crippen LogP contribution in [-0.2, 0) is 11.0 Å². The minimum Gasteiger partial charge on any atom is -0.478 e. The van der Waals surface area contributed by atoms with E-state index < -0.39 is 17.7 Å². The first-order chi connectivity index (χ1) is 9.38. The third-order valence-electron chi connectivity index (χ3n) is 2.36. The topological polar surface area (TPSA) is 80.9 Å². The fourth-order valence-electron chi connectivity index (χ4n) is 1.51. The molecule has 0 fully saturated rings. The summed E-state index contributed by atoms with van der Waals surface area (Å²) >= 11 is 0. The number of benzene rings is 1. The van der Waals surface area contributed by atoms with Crippen LogP contribution < -0.4 is 0 Å². The van der Waals surface area contributed by atoms with Gasteiger partial charge in [-0.15, -0.1) is 5.10 Å². The Labute approximate surface area is 110 Å². The summed E-state index contributed by atoms with van der Waals surface area (Å²) in [6, 6.07) is 2.87. The van der Waals surface area contributed by atoms with Gasteiger partial charge in [-0.25, -0.2) is 4.79 Å². The second-order valence-electron chi connectivity index (χ2n) is 3.70. The van der Waals surface area contributed by atoms with Crippen LogP contribution in [0.4, 0.5) is 13.2 Å². The zero-order chi connectivity index (χ0) is 14.8. The number of carboxylic acids is 1. The highest BCUT2D eigenvalue weighted by Gasteiger charge is 2.31. The van der Waals surface area contributed by atoms with Crippen molar-refractivity contribution in [2.75, 3.05) is 0 Å². The second kappa shape index (κ2) is 5.11. The molecule has 0 aliphatic carbocycles. The van der Waals surface area contributed by atoms with Crippen molar-refractivity contribution < 1.29 is 23.1 Å². The molecule has 0 atom stereocenters. The average Bonchev–Trinajstić information content (AvgIpc) is 2.88. The smallest absolute Gasteiger partial charge is 0.416 e. The third kappa shape index (κ3) is 2.99. The number of alkyl halides is 3. The minimum absolute atomic E-state index is 0.0366. The number of aliphatic carboxylic acids is 1. The molecule has 1 aromatic heterocycles. The van der Waals surface area contributed by atoms with Crippen molar-refractivity contribution in [3.8, 4) is 5.69 Å². The molecule has 0 saturated heterocycles. The predicted octanol–water partition coefficient (Wildman–Crippen LogP) is 1.78. The number of carbonyl (C=O) groups is 1. The van der Waals surface area contributed by atoms with E-state index in [0.29, 0.717) is 0 Å². The van der Waals surface area contributed by atoms with Gasteiger partial charge in [0.05, 0.1) is 11.3 Å². The summed E-state index contributed by atoms with van der Waals surface area (Å²) in [7, 11) is 0. The molecule has 2 rings (SSSR count). The zero-order valence-corrected chi connectivity index (χ0v) is 9.74. The lowest BCUT2D eigenvalue weighted by molar-refractivity contribution is -0.137. The van der Waals surface area contributed by atoms with Crippen LogP contribution in [0.3, 0.4) is 0 Å². The van der Waals surface area contributed by atoms with Crippen LogP contribution in [0, 0.1) is 0 Å². The van der Waals surface area contributed by atoms with Gasteiger partial charge in [0, 0.05) is 11.6 Å². The number of hydrogen-bond acceptors (Lipinski definition) is 4. The number of halogens is 3. The van der Waals surface area contributed by atoms with Crippen molar-refractivity contribution in [2.24, 2.45) is 0 Å². The molecule has 2 aromatic rings. The van der Waals surface area contributed by atoms with Crippen LogP contribution in [0.1, 0.15) is 11.1 Å². The molecule has 0 radical (unpaired) electrons. The molecule has 1 heterocycles. The van der Waals surface area contributed by atoms with Crippen LogP contribution in [0.2, 0.25) is 0 Å². The quantitative estimate of drug-likeness (QED) is 0.869. The standard InChI is InChI=1S/C11H7F3N4O2/c12-11(13,14)8-2-3-9(18-6-15-16-17-18)7(5-8)1-4-10(19)20/h1-6H,(H,19,20)/b4-1+. The number of nitrogens with zero attached hydrogens (tertiary/aromatic N) is 4. The molecule has 9 heteroatoms. The van der Waals surface area contributed by atoms with Gasteiger partial charge in [0.15, 0.2) is 0 Å². The maximum atomic E-state index is 12.7. The summed E-state index contributed by atoms with van der Waals surface area (Å²) in [4.78, 5) is 10.5. The monoisotopic (exact) mass is 284 g/mol. The summed E-state index contributed by atoms with van der Waals surface area (Å²) < 4.78 is 39.1. The molecular weight excluding hydrogens is 277 g/mol. The Balaban J connectivity index is 2.54. The van der Waals surface area contributed by atoms with Crippen molar-refractivity contribution in [1.29, 1.82) is 0 Å². The third-order valence-corrected chi connectivity index (χ3v) is 2.36. The number of rotatable bonds is 3. The number of carboxylic acid groups (broad SMARTS) is 1. The molecule has 1 aromatic carbocycles. The van der Waals surface area contributed by atoms with Gasteiger partial charge in [-0.2, -0.15) is 17.9 Å². The van der Waals surface area contributed by atoms with Crippen LogP contribution in [0.15, 0.2) is 30.6 Å². The van der Waals surface area contributed by atoms with Gasteiger partial charge in [0.1, 0.15) is 6.33 Å². The fourth-order valence-corrected chi connectivity index (χ4v) is 1.51.